The minimum Gasteiger partial charge on any atom is -0.490 e. The third-order valence-electron chi connectivity index (χ3n) is 4.97. The van der Waals surface area contributed by atoms with Crippen molar-refractivity contribution in [3.8, 4) is 5.75 Å². The lowest BCUT2D eigenvalue weighted by atomic mass is 10.1. The second kappa shape index (κ2) is 12.5. The van der Waals surface area contributed by atoms with Crippen LogP contribution < -0.4 is 20.7 Å². The Morgan fingerprint density at radius 3 is 2.24 bits per heavy atom. The van der Waals surface area contributed by atoms with Gasteiger partial charge in [0.25, 0.3) is 11.8 Å². The highest BCUT2D eigenvalue weighted by molar-refractivity contribution is 7.80. The van der Waals surface area contributed by atoms with E-state index in [1.807, 2.05) is 37.3 Å². The fraction of sp³-hybridized carbons (Fsp3) is 0.192. The molecule has 3 aromatic carbocycles. The van der Waals surface area contributed by atoms with Crippen molar-refractivity contribution in [1.82, 2.24) is 10.6 Å². The lowest BCUT2D eigenvalue weighted by Crippen LogP contribution is -2.35. The normalized spacial score (nSPS) is 11.2. The van der Waals surface area contributed by atoms with Gasteiger partial charge in [0.15, 0.2) is 5.11 Å². The van der Waals surface area contributed by atoms with Crippen molar-refractivity contribution in [3.05, 3.63) is 95.6 Å². The molecule has 3 rings (SSSR count). The maximum atomic E-state index is 12.9. The molecule has 3 N–H and O–H groups in total. The van der Waals surface area contributed by atoms with Crippen molar-refractivity contribution in [2.24, 2.45) is 0 Å². The van der Waals surface area contributed by atoms with Crippen LogP contribution in [0.3, 0.4) is 0 Å². The second-order valence-corrected chi connectivity index (χ2v) is 7.81. The molecule has 0 radical (unpaired) electrons. The van der Waals surface area contributed by atoms with Gasteiger partial charge in [-0.3, -0.25) is 14.9 Å². The molecule has 0 aliphatic heterocycles. The minimum absolute atomic E-state index is 0.0630. The summed E-state index contributed by atoms with van der Waals surface area (Å²) in [4.78, 5) is 25.7. The number of amides is 2. The smallest absolute Gasteiger partial charge is 0.261 e. The predicted octanol–water partition coefficient (Wildman–Crippen LogP) is 4.33. The van der Waals surface area contributed by atoms with Crippen molar-refractivity contribution in [2.45, 2.75) is 13.0 Å². The predicted molar refractivity (Wildman–Crippen MR) is 136 cm³/mol. The number of nitrogens with one attached hydrogen (secondary N) is 3. The van der Waals surface area contributed by atoms with E-state index in [1.165, 1.54) is 0 Å². The minimum atomic E-state index is -0.426. The Bertz CT molecular complexity index is 1140. The summed E-state index contributed by atoms with van der Waals surface area (Å²) in [5.74, 6) is -0.259. The van der Waals surface area contributed by atoms with Gasteiger partial charge < -0.3 is 20.1 Å². The van der Waals surface area contributed by atoms with Gasteiger partial charge in [-0.1, -0.05) is 54.6 Å². The molecule has 176 valence electrons. The third kappa shape index (κ3) is 6.87. The van der Waals surface area contributed by atoms with Gasteiger partial charge in [-0.15, -0.1) is 0 Å². The molecule has 8 heteroatoms. The van der Waals surface area contributed by atoms with E-state index < -0.39 is 5.91 Å². The highest BCUT2D eigenvalue weighted by Gasteiger charge is 2.17. The monoisotopic (exact) mass is 477 g/mol. The fourth-order valence-electron chi connectivity index (χ4n) is 3.23. The molecule has 0 aromatic heterocycles. The van der Waals surface area contributed by atoms with Gasteiger partial charge in [-0.05, 0) is 49.0 Å². The summed E-state index contributed by atoms with van der Waals surface area (Å²) < 4.78 is 10.6. The second-order valence-electron chi connectivity index (χ2n) is 7.40. The summed E-state index contributed by atoms with van der Waals surface area (Å²) >= 11 is 5.34. The number of anilines is 1. The SMILES string of the molecule is COCCOc1ccccc1C(=O)NC(=S)Nc1ccccc1C(=O)NC(C)c1ccccc1. The Hall–Kier alpha value is -3.75. The number of carbonyl (C=O) groups is 2. The van der Waals surface area contributed by atoms with Crippen LogP contribution in [0.5, 0.6) is 5.75 Å². The van der Waals surface area contributed by atoms with Crippen molar-refractivity contribution < 1.29 is 19.1 Å². The maximum absolute atomic E-state index is 12.9. The van der Waals surface area contributed by atoms with E-state index in [0.29, 0.717) is 35.8 Å². The number of methoxy groups -OCH3 is 1. The highest BCUT2D eigenvalue weighted by Crippen LogP contribution is 2.20. The Kier molecular flexibility index (Phi) is 9.13. The fourth-order valence-corrected chi connectivity index (χ4v) is 3.43. The number of carbonyl (C=O) groups excluding carboxylic acids is 2. The van der Waals surface area contributed by atoms with Crippen LogP contribution in [-0.4, -0.2) is 37.3 Å². The van der Waals surface area contributed by atoms with E-state index >= 15 is 0 Å². The van der Waals surface area contributed by atoms with Gasteiger partial charge in [-0.25, -0.2) is 0 Å². The molecule has 0 spiro atoms. The molecule has 0 fully saturated rings. The Labute approximate surface area is 204 Å². The quantitative estimate of drug-likeness (QED) is 0.314. The van der Waals surface area contributed by atoms with Crippen LogP contribution in [0.25, 0.3) is 0 Å². The van der Waals surface area contributed by atoms with Gasteiger partial charge in [0.05, 0.1) is 29.5 Å². The zero-order chi connectivity index (χ0) is 24.3. The third-order valence-corrected chi connectivity index (χ3v) is 5.17. The number of benzene rings is 3. The molecule has 0 aliphatic rings. The van der Waals surface area contributed by atoms with Crippen molar-refractivity contribution in [2.75, 3.05) is 25.6 Å². The molecular formula is C26H27N3O4S. The molecule has 1 atom stereocenters. The van der Waals surface area contributed by atoms with Crippen LogP contribution >= 0.6 is 12.2 Å². The molecule has 2 amide bonds. The summed E-state index contributed by atoms with van der Waals surface area (Å²) in [5.41, 5.74) is 2.22. The molecule has 0 heterocycles. The van der Waals surface area contributed by atoms with Crippen molar-refractivity contribution in [1.29, 1.82) is 0 Å². The summed E-state index contributed by atoms with van der Waals surface area (Å²) in [6.07, 6.45) is 0. The Morgan fingerprint density at radius 1 is 0.853 bits per heavy atom. The molecule has 0 bridgehead atoms. The molecule has 1 unspecified atom stereocenters. The molecule has 0 saturated carbocycles. The molecule has 0 aliphatic carbocycles. The van der Waals surface area contributed by atoms with Crippen molar-refractivity contribution in [3.63, 3.8) is 0 Å². The molecular weight excluding hydrogens is 450 g/mol. The Balaban J connectivity index is 1.66. The number of hydrogen-bond donors (Lipinski definition) is 3. The molecule has 0 saturated heterocycles. The van der Waals surface area contributed by atoms with Crippen LogP contribution in [-0.2, 0) is 4.74 Å². The highest BCUT2D eigenvalue weighted by atomic mass is 32.1. The molecule has 7 nitrogen and oxygen atoms in total. The van der Waals surface area contributed by atoms with Crippen LogP contribution in [0.2, 0.25) is 0 Å². The van der Waals surface area contributed by atoms with Gasteiger partial charge in [0, 0.05) is 7.11 Å². The average Bonchev–Trinajstić information content (AvgIpc) is 2.85. The largest absolute Gasteiger partial charge is 0.490 e. The van der Waals surface area contributed by atoms with Crippen LogP contribution in [0, 0.1) is 0 Å². The number of ether oxygens (including phenoxy) is 2. The first kappa shape index (κ1) is 24.9. The van der Waals surface area contributed by atoms with E-state index in [1.54, 1.807) is 55.6 Å². The zero-order valence-corrected chi connectivity index (χ0v) is 19.9. The van der Waals surface area contributed by atoms with Crippen LogP contribution in [0.15, 0.2) is 78.9 Å². The number of thiocarbonyl (C=S) groups is 1. The maximum Gasteiger partial charge on any atom is 0.261 e. The van der Waals surface area contributed by atoms with Crippen LogP contribution in [0.1, 0.15) is 39.2 Å². The van der Waals surface area contributed by atoms with Crippen LogP contribution in [0.4, 0.5) is 5.69 Å². The summed E-state index contributed by atoms with van der Waals surface area (Å²) in [7, 11) is 1.58. The zero-order valence-electron chi connectivity index (χ0n) is 19.0. The first-order chi connectivity index (χ1) is 16.5. The van der Waals surface area contributed by atoms with Gasteiger partial charge in [-0.2, -0.15) is 0 Å². The van der Waals surface area contributed by atoms with E-state index in [0.717, 1.165) is 5.56 Å². The number of para-hydroxylation sites is 2. The summed E-state index contributed by atoms with van der Waals surface area (Å²) in [5, 5.41) is 8.65. The van der Waals surface area contributed by atoms with Gasteiger partial charge >= 0.3 is 0 Å². The first-order valence-electron chi connectivity index (χ1n) is 10.8. The number of rotatable bonds is 9. The van der Waals surface area contributed by atoms with E-state index in [2.05, 4.69) is 16.0 Å². The lowest BCUT2D eigenvalue weighted by Gasteiger charge is -2.17. The standard InChI is InChI=1S/C26H27N3O4S/c1-18(19-10-4-3-5-11-19)27-24(30)20-12-6-8-14-22(20)28-26(34)29-25(31)21-13-7-9-15-23(21)33-17-16-32-2/h3-15,18H,16-17H2,1-2H3,(H,27,30)(H2,28,29,31,34). The summed E-state index contributed by atoms with van der Waals surface area (Å²) in [6.45, 7) is 2.63. The first-order valence-corrected chi connectivity index (χ1v) is 11.2. The number of hydrogen-bond acceptors (Lipinski definition) is 5. The molecule has 3 aromatic rings. The molecule has 34 heavy (non-hydrogen) atoms. The topological polar surface area (TPSA) is 88.7 Å². The summed E-state index contributed by atoms with van der Waals surface area (Å²) in [6, 6.07) is 23.3. The van der Waals surface area contributed by atoms with Gasteiger partial charge in [0.2, 0.25) is 0 Å². The lowest BCUT2D eigenvalue weighted by molar-refractivity contribution is 0.0939. The van der Waals surface area contributed by atoms with E-state index in [-0.39, 0.29) is 17.1 Å². The van der Waals surface area contributed by atoms with Crippen molar-refractivity contribution >= 4 is 34.8 Å². The van der Waals surface area contributed by atoms with E-state index in [9.17, 15) is 9.59 Å². The van der Waals surface area contributed by atoms with Gasteiger partial charge in [0.1, 0.15) is 12.4 Å². The Morgan fingerprint density at radius 2 is 1.50 bits per heavy atom. The average molecular weight is 478 g/mol. The van der Waals surface area contributed by atoms with E-state index in [4.69, 9.17) is 21.7 Å².